The van der Waals surface area contributed by atoms with Gasteiger partial charge in [-0.1, -0.05) is 15.9 Å². The maximum atomic E-state index is 12.4. The van der Waals surface area contributed by atoms with E-state index in [4.69, 9.17) is 0 Å². The number of halogens is 1. The van der Waals surface area contributed by atoms with Gasteiger partial charge in [0.1, 0.15) is 0 Å². The summed E-state index contributed by atoms with van der Waals surface area (Å²) in [7, 11) is 0. The second-order valence-corrected chi connectivity index (χ2v) is 5.95. The van der Waals surface area contributed by atoms with Gasteiger partial charge in [-0.3, -0.25) is 4.79 Å². The topological polar surface area (TPSA) is 38.1 Å². The van der Waals surface area contributed by atoms with Gasteiger partial charge in [-0.25, -0.2) is 4.68 Å². The van der Waals surface area contributed by atoms with Crippen LogP contribution < -0.4 is 0 Å². The van der Waals surface area contributed by atoms with E-state index in [1.807, 2.05) is 40.8 Å². The number of hydrogen-bond donors (Lipinski definition) is 0. The number of nitrogens with zero attached hydrogens (tertiary/aromatic N) is 3. The average Bonchev–Trinajstić information content (AvgIpc) is 3.09. The standard InChI is InChI=1S/C15H16BrN3O/c1-11-14(15(20)18-8-2-3-9-18)10-17-19(11)13-6-4-12(16)5-7-13/h4-7,10H,2-3,8-9H2,1H3. The molecule has 0 spiro atoms. The second-order valence-electron chi connectivity index (χ2n) is 5.03. The summed E-state index contributed by atoms with van der Waals surface area (Å²) in [5.41, 5.74) is 2.56. The predicted molar refractivity (Wildman–Crippen MR) is 81.1 cm³/mol. The molecule has 1 saturated heterocycles. The molecule has 1 amide bonds. The van der Waals surface area contributed by atoms with Crippen LogP contribution in [0.4, 0.5) is 0 Å². The molecule has 0 atom stereocenters. The van der Waals surface area contributed by atoms with Gasteiger partial charge in [0.2, 0.25) is 0 Å². The molecule has 0 saturated carbocycles. The van der Waals surface area contributed by atoms with Crippen molar-refractivity contribution < 1.29 is 4.79 Å². The van der Waals surface area contributed by atoms with Crippen molar-refractivity contribution in [3.05, 3.63) is 46.2 Å². The van der Waals surface area contributed by atoms with Crippen LogP contribution in [0.5, 0.6) is 0 Å². The first-order chi connectivity index (χ1) is 9.66. The SMILES string of the molecule is Cc1c(C(=O)N2CCCC2)cnn1-c1ccc(Br)cc1. The largest absolute Gasteiger partial charge is 0.339 e. The van der Waals surface area contributed by atoms with Crippen LogP contribution in [0.1, 0.15) is 28.9 Å². The van der Waals surface area contributed by atoms with Crippen molar-refractivity contribution in [1.82, 2.24) is 14.7 Å². The Labute approximate surface area is 126 Å². The van der Waals surface area contributed by atoms with E-state index in [2.05, 4.69) is 21.0 Å². The van der Waals surface area contributed by atoms with Gasteiger partial charge in [0, 0.05) is 17.6 Å². The lowest BCUT2D eigenvalue weighted by atomic mass is 10.2. The molecule has 1 aliphatic heterocycles. The first kappa shape index (κ1) is 13.4. The number of likely N-dealkylation sites (tertiary alicyclic amines) is 1. The van der Waals surface area contributed by atoms with Crippen molar-refractivity contribution >= 4 is 21.8 Å². The minimum absolute atomic E-state index is 0.100. The lowest BCUT2D eigenvalue weighted by Crippen LogP contribution is -2.27. The summed E-state index contributed by atoms with van der Waals surface area (Å²) in [4.78, 5) is 14.3. The van der Waals surface area contributed by atoms with Crippen molar-refractivity contribution in [2.24, 2.45) is 0 Å². The summed E-state index contributed by atoms with van der Waals surface area (Å²) < 4.78 is 2.84. The third-order valence-corrected chi connectivity index (χ3v) is 4.23. The summed E-state index contributed by atoms with van der Waals surface area (Å²) in [6.45, 7) is 3.67. The number of carbonyl (C=O) groups excluding carboxylic acids is 1. The van der Waals surface area contributed by atoms with Gasteiger partial charge in [0.15, 0.2) is 0 Å². The molecule has 0 aliphatic carbocycles. The maximum absolute atomic E-state index is 12.4. The predicted octanol–water partition coefficient (Wildman–Crippen LogP) is 3.18. The zero-order valence-electron chi connectivity index (χ0n) is 11.3. The first-order valence-electron chi connectivity index (χ1n) is 6.76. The van der Waals surface area contributed by atoms with Gasteiger partial charge in [-0.2, -0.15) is 5.10 Å². The normalized spacial score (nSPS) is 14.8. The average molecular weight is 334 g/mol. The molecule has 1 aliphatic rings. The number of carbonyl (C=O) groups is 1. The molecule has 2 aromatic rings. The van der Waals surface area contributed by atoms with Crippen molar-refractivity contribution in [2.45, 2.75) is 19.8 Å². The fourth-order valence-electron chi connectivity index (χ4n) is 2.55. The molecule has 3 rings (SSSR count). The van der Waals surface area contributed by atoms with Crippen LogP contribution in [0.15, 0.2) is 34.9 Å². The van der Waals surface area contributed by atoms with Crippen molar-refractivity contribution in [3.8, 4) is 5.69 Å². The highest BCUT2D eigenvalue weighted by Gasteiger charge is 2.23. The number of rotatable bonds is 2. The van der Waals surface area contributed by atoms with Gasteiger partial charge in [0.05, 0.1) is 23.1 Å². The number of benzene rings is 1. The summed E-state index contributed by atoms with van der Waals surface area (Å²) in [6, 6.07) is 7.90. The van der Waals surface area contributed by atoms with E-state index in [1.54, 1.807) is 6.20 Å². The number of aromatic nitrogens is 2. The molecular formula is C15H16BrN3O. The number of amides is 1. The molecule has 4 nitrogen and oxygen atoms in total. The Hall–Kier alpha value is -1.62. The van der Waals surface area contributed by atoms with Crippen LogP contribution in [-0.4, -0.2) is 33.7 Å². The molecule has 20 heavy (non-hydrogen) atoms. The molecule has 104 valence electrons. The summed E-state index contributed by atoms with van der Waals surface area (Å²) in [5.74, 6) is 0.100. The monoisotopic (exact) mass is 333 g/mol. The second kappa shape index (κ2) is 5.40. The summed E-state index contributed by atoms with van der Waals surface area (Å²) in [6.07, 6.45) is 3.88. The highest BCUT2D eigenvalue weighted by atomic mass is 79.9. The third-order valence-electron chi connectivity index (χ3n) is 3.70. The molecule has 1 aromatic carbocycles. The first-order valence-corrected chi connectivity index (χ1v) is 7.56. The Morgan fingerprint density at radius 3 is 2.50 bits per heavy atom. The molecule has 0 N–H and O–H groups in total. The van der Waals surface area contributed by atoms with Gasteiger partial charge < -0.3 is 4.90 Å². The van der Waals surface area contributed by atoms with Crippen molar-refractivity contribution in [1.29, 1.82) is 0 Å². The van der Waals surface area contributed by atoms with Crippen LogP contribution in [0.25, 0.3) is 5.69 Å². The Kier molecular flexibility index (Phi) is 3.61. The van der Waals surface area contributed by atoms with E-state index in [9.17, 15) is 4.79 Å². The number of hydrogen-bond acceptors (Lipinski definition) is 2. The van der Waals surface area contributed by atoms with Crippen LogP contribution in [-0.2, 0) is 0 Å². The van der Waals surface area contributed by atoms with Crippen LogP contribution in [0.2, 0.25) is 0 Å². The van der Waals surface area contributed by atoms with Crippen molar-refractivity contribution in [3.63, 3.8) is 0 Å². The van der Waals surface area contributed by atoms with E-state index in [1.165, 1.54) is 0 Å². The quantitative estimate of drug-likeness (QED) is 0.846. The molecule has 5 heteroatoms. The van der Waals surface area contributed by atoms with E-state index >= 15 is 0 Å². The fraction of sp³-hybridized carbons (Fsp3) is 0.333. The van der Waals surface area contributed by atoms with Crippen LogP contribution in [0, 0.1) is 6.92 Å². The zero-order chi connectivity index (χ0) is 14.1. The lowest BCUT2D eigenvalue weighted by Gasteiger charge is -2.14. The minimum Gasteiger partial charge on any atom is -0.339 e. The Morgan fingerprint density at radius 1 is 1.20 bits per heavy atom. The van der Waals surface area contributed by atoms with Crippen LogP contribution >= 0.6 is 15.9 Å². The molecular weight excluding hydrogens is 318 g/mol. The third kappa shape index (κ3) is 2.38. The molecule has 0 bridgehead atoms. The minimum atomic E-state index is 0.100. The highest BCUT2D eigenvalue weighted by Crippen LogP contribution is 2.19. The van der Waals surface area contributed by atoms with Gasteiger partial charge in [-0.15, -0.1) is 0 Å². The Bertz CT molecular complexity index is 627. The van der Waals surface area contributed by atoms with Crippen LogP contribution in [0.3, 0.4) is 0 Å². The molecule has 0 unspecified atom stereocenters. The Balaban J connectivity index is 1.92. The smallest absolute Gasteiger partial charge is 0.257 e. The maximum Gasteiger partial charge on any atom is 0.257 e. The summed E-state index contributed by atoms with van der Waals surface area (Å²) in [5, 5.41) is 4.36. The Morgan fingerprint density at radius 2 is 1.85 bits per heavy atom. The van der Waals surface area contributed by atoms with Gasteiger partial charge in [-0.05, 0) is 44.0 Å². The molecule has 2 heterocycles. The van der Waals surface area contributed by atoms with Gasteiger partial charge >= 0.3 is 0 Å². The van der Waals surface area contributed by atoms with E-state index < -0.39 is 0 Å². The fourth-order valence-corrected chi connectivity index (χ4v) is 2.82. The highest BCUT2D eigenvalue weighted by molar-refractivity contribution is 9.10. The molecule has 0 radical (unpaired) electrons. The summed E-state index contributed by atoms with van der Waals surface area (Å²) >= 11 is 3.42. The van der Waals surface area contributed by atoms with E-state index in [0.717, 1.165) is 41.8 Å². The molecule has 1 fully saturated rings. The van der Waals surface area contributed by atoms with E-state index in [0.29, 0.717) is 5.56 Å². The van der Waals surface area contributed by atoms with Gasteiger partial charge in [0.25, 0.3) is 5.91 Å². The lowest BCUT2D eigenvalue weighted by molar-refractivity contribution is 0.0792. The zero-order valence-corrected chi connectivity index (χ0v) is 12.9. The molecule has 1 aromatic heterocycles. The van der Waals surface area contributed by atoms with Crippen molar-refractivity contribution in [2.75, 3.05) is 13.1 Å². The van der Waals surface area contributed by atoms with E-state index in [-0.39, 0.29) is 5.91 Å².